The van der Waals surface area contributed by atoms with Crippen LogP contribution >= 0.6 is 0 Å². The number of aliphatic carboxylic acids is 1. The molecule has 17 N–H and O–H groups in total. The number of rotatable bonds is 13. The van der Waals surface area contributed by atoms with E-state index < -0.39 is 122 Å². The second-order valence-electron chi connectivity index (χ2n) is 14.4. The Hall–Kier alpha value is -3.58. The number of ether oxygens (including phenoxy) is 4. The van der Waals surface area contributed by atoms with Gasteiger partial charge in [-0.15, -0.1) is 0 Å². The zero-order valence-electron chi connectivity index (χ0n) is 31.2. The predicted octanol–water partition coefficient (Wildman–Crippen LogP) is -4.67. The van der Waals surface area contributed by atoms with Gasteiger partial charge >= 0.3 is 5.97 Å². The van der Waals surface area contributed by atoms with Crippen molar-refractivity contribution in [3.05, 3.63) is 35.4 Å². The fraction of sp³-hybridized carbons (Fsp3) is 0.706. The zero-order chi connectivity index (χ0) is 41.5. The molecule has 55 heavy (non-hydrogen) atoms. The summed E-state index contributed by atoms with van der Waals surface area (Å²) in [4.78, 5) is 22.8. The van der Waals surface area contributed by atoms with E-state index in [4.69, 9.17) is 46.3 Å². The van der Waals surface area contributed by atoms with Crippen molar-refractivity contribution in [2.24, 2.45) is 17.4 Å². The Morgan fingerprint density at radius 2 is 1.45 bits per heavy atom. The lowest BCUT2D eigenvalue weighted by atomic mass is 9.81. The number of guanidine groups is 2. The molecule has 0 spiro atoms. The quantitative estimate of drug-likeness (QED) is 0.0507. The van der Waals surface area contributed by atoms with Gasteiger partial charge in [0.2, 0.25) is 0 Å². The second-order valence-corrected chi connectivity index (χ2v) is 14.4. The molecule has 16 atom stereocenters. The fourth-order valence-electron chi connectivity index (χ4n) is 6.73. The number of benzene rings is 1. The Morgan fingerprint density at radius 3 is 1.95 bits per heavy atom. The molecule has 312 valence electrons. The molecule has 1 aliphatic carbocycles. The minimum atomic E-state index is -2.39. The molecule has 21 heteroatoms. The number of likely N-dealkylation sites (N-methyl/N-ethyl adjacent to an activating group) is 1. The number of hydrogen-bond donors (Lipinski definition) is 15. The van der Waals surface area contributed by atoms with Crippen LogP contribution in [0.25, 0.3) is 0 Å². The van der Waals surface area contributed by atoms with Gasteiger partial charge in [0.25, 0.3) is 0 Å². The van der Waals surface area contributed by atoms with E-state index in [1.807, 2.05) is 24.3 Å². The molecule has 3 fully saturated rings. The average Bonchev–Trinajstić information content (AvgIpc) is 3.36. The van der Waals surface area contributed by atoms with Crippen LogP contribution in [0, 0.1) is 16.7 Å². The topological polar surface area (TPSA) is 369 Å². The zero-order valence-corrected chi connectivity index (χ0v) is 31.2. The highest BCUT2D eigenvalue weighted by atomic mass is 16.8. The van der Waals surface area contributed by atoms with Crippen molar-refractivity contribution in [1.29, 1.82) is 10.8 Å². The first kappa shape index (κ1) is 45.8. The lowest BCUT2D eigenvalue weighted by Crippen LogP contribution is -2.73. The summed E-state index contributed by atoms with van der Waals surface area (Å²) in [5.74, 6) is -1.85. The first-order valence-corrected chi connectivity index (χ1v) is 17.7. The Balaban J connectivity index is 0.000000452. The van der Waals surface area contributed by atoms with Crippen molar-refractivity contribution in [2.75, 3.05) is 13.7 Å². The van der Waals surface area contributed by atoms with Crippen LogP contribution in [-0.4, -0.2) is 170 Å². The molecule has 1 aromatic carbocycles. The number of carbonyl (C=O) groups is 2. The summed E-state index contributed by atoms with van der Waals surface area (Å²) >= 11 is 0. The maximum Gasteiger partial charge on any atom is 0.310 e. The highest BCUT2D eigenvalue weighted by Gasteiger charge is 2.60. The van der Waals surface area contributed by atoms with Crippen LogP contribution in [0.5, 0.6) is 0 Å². The molecule has 0 aromatic heterocycles. The molecule has 1 aromatic rings. The summed E-state index contributed by atoms with van der Waals surface area (Å²) < 4.78 is 22.9. The molecule has 21 nitrogen and oxygen atoms in total. The van der Waals surface area contributed by atoms with E-state index in [-0.39, 0.29) is 6.29 Å². The van der Waals surface area contributed by atoms with E-state index >= 15 is 0 Å². The highest BCUT2D eigenvalue weighted by Crippen LogP contribution is 2.38. The predicted molar refractivity (Wildman–Crippen MR) is 192 cm³/mol. The van der Waals surface area contributed by atoms with Crippen LogP contribution in [0.4, 0.5) is 0 Å². The molecular weight excluding hydrogens is 730 g/mol. The van der Waals surface area contributed by atoms with Crippen LogP contribution in [0.2, 0.25) is 0 Å². The standard InChI is InChI=1S/C21H39N7O12.C13H18O2/c1-5-21(36,4-30)16(40-17-9(26-2)13(34)10(31)6(3-29)38-17)18(37-5)39-15-8(28-20(24)25)11(32)7(27-19(22)23)12(33)14(15)35;1-9(2)8-11-4-6-12(7-5-11)10(3)13(14)15/h4-18,26,29,31-36H,3H2,1-2H3,(H4,22,23,27)(H4,24,25,28);4-7,9-10H,8H2,1-3H3,(H,14,15)/t5-,6-,7+,8-,9-,10-,11+,12-,13-,14+,15+,16-,17-,18-,21+;/m0./s1. The molecule has 2 saturated heterocycles. The van der Waals surface area contributed by atoms with Gasteiger partial charge in [-0.1, -0.05) is 38.1 Å². The van der Waals surface area contributed by atoms with Gasteiger partial charge in [-0.25, -0.2) is 0 Å². The van der Waals surface area contributed by atoms with Gasteiger partial charge in [-0.05, 0) is 44.4 Å². The van der Waals surface area contributed by atoms with Crippen molar-refractivity contribution in [3.8, 4) is 0 Å². The molecule has 1 unspecified atom stereocenters. The molecule has 2 heterocycles. The molecule has 0 bridgehead atoms. The van der Waals surface area contributed by atoms with Crippen molar-refractivity contribution in [1.82, 2.24) is 16.0 Å². The maximum absolute atomic E-state index is 12.1. The first-order valence-electron chi connectivity index (χ1n) is 17.7. The minimum Gasteiger partial charge on any atom is -0.481 e. The summed E-state index contributed by atoms with van der Waals surface area (Å²) in [5, 5.41) is 105. The van der Waals surface area contributed by atoms with Gasteiger partial charge in [-0.3, -0.25) is 20.4 Å². The highest BCUT2D eigenvalue weighted by molar-refractivity contribution is 5.76. The van der Waals surface area contributed by atoms with E-state index in [1.165, 1.54) is 19.5 Å². The Kier molecular flexibility index (Phi) is 16.3. The van der Waals surface area contributed by atoms with E-state index in [0.29, 0.717) is 5.92 Å². The van der Waals surface area contributed by atoms with Gasteiger partial charge in [-0.2, -0.15) is 0 Å². The second kappa shape index (κ2) is 19.5. The third-order valence-electron chi connectivity index (χ3n) is 9.95. The minimum absolute atomic E-state index is 0.136. The number of carbonyl (C=O) groups excluding carboxylic acids is 1. The number of nitrogens with one attached hydrogen (secondary N) is 5. The Morgan fingerprint density at radius 1 is 0.891 bits per heavy atom. The molecule has 4 rings (SSSR count). The summed E-state index contributed by atoms with van der Waals surface area (Å²) in [6, 6.07) is 3.92. The van der Waals surface area contributed by atoms with Crippen LogP contribution in [0.15, 0.2) is 24.3 Å². The third kappa shape index (κ3) is 10.6. The number of aliphatic hydroxyl groups is 7. The van der Waals surface area contributed by atoms with Crippen molar-refractivity contribution in [3.63, 3.8) is 0 Å². The normalized spacial score (nSPS) is 38.0. The van der Waals surface area contributed by atoms with Gasteiger partial charge < -0.3 is 87.2 Å². The fourth-order valence-corrected chi connectivity index (χ4v) is 6.73. The summed E-state index contributed by atoms with van der Waals surface area (Å²) in [6.45, 7) is 6.67. The molecule has 2 aliphatic heterocycles. The lowest BCUT2D eigenvalue weighted by Gasteiger charge is -2.47. The molecule has 0 radical (unpaired) electrons. The van der Waals surface area contributed by atoms with Crippen molar-refractivity contribution in [2.45, 2.75) is 131 Å². The van der Waals surface area contributed by atoms with Gasteiger partial charge in [0.1, 0.15) is 42.7 Å². The smallest absolute Gasteiger partial charge is 0.310 e. The van der Waals surface area contributed by atoms with E-state index in [9.17, 15) is 45.3 Å². The number of carboxylic acid groups (broad SMARTS) is 1. The van der Waals surface area contributed by atoms with E-state index in [1.54, 1.807) is 6.92 Å². The largest absolute Gasteiger partial charge is 0.481 e. The number of aliphatic hydroxyl groups excluding tert-OH is 6. The first-order chi connectivity index (χ1) is 25.7. The Labute approximate surface area is 317 Å². The van der Waals surface area contributed by atoms with Crippen LogP contribution in [0.3, 0.4) is 0 Å². The lowest BCUT2D eigenvalue weighted by molar-refractivity contribution is -0.314. The summed E-state index contributed by atoms with van der Waals surface area (Å²) in [6.07, 6.45) is -16.2. The maximum atomic E-state index is 12.1. The van der Waals surface area contributed by atoms with Gasteiger partial charge in [0.05, 0.1) is 42.9 Å². The summed E-state index contributed by atoms with van der Waals surface area (Å²) in [7, 11) is 1.41. The van der Waals surface area contributed by atoms with Crippen molar-refractivity contribution >= 4 is 24.2 Å². The SMILES string of the molecule is CC(C)Cc1ccc(C(C)C(=O)O)cc1.CN[C@@H]1[C@H](O[C@H]2[C@H](O[C@H]3[C@H](O)[C@@H](O)[C@H](NC(=N)N)[C@@H](O)[C@@H]3NC(=N)N)O[C@@H](C)[C@]2(O)C=O)O[C@@H](CO)[C@H](O)[C@H]1O. The average molecular weight is 788 g/mol. The number of nitrogens with two attached hydrogens (primary N) is 2. The van der Waals surface area contributed by atoms with Gasteiger partial charge in [0.15, 0.2) is 36.4 Å². The van der Waals surface area contributed by atoms with Crippen LogP contribution in [0.1, 0.15) is 44.7 Å². The monoisotopic (exact) mass is 787 g/mol. The third-order valence-corrected chi connectivity index (χ3v) is 9.95. The Bertz CT molecular complexity index is 1440. The molecule has 3 aliphatic rings. The number of carboxylic acids is 1. The molecular formula is C34H57N7O14. The van der Waals surface area contributed by atoms with Crippen LogP contribution in [-0.2, 0) is 35.0 Å². The molecule has 1 saturated carbocycles. The van der Waals surface area contributed by atoms with Gasteiger partial charge in [0, 0.05) is 0 Å². The summed E-state index contributed by atoms with van der Waals surface area (Å²) in [5.41, 5.74) is 10.5. The number of aldehydes is 1. The van der Waals surface area contributed by atoms with Crippen molar-refractivity contribution < 1.29 is 69.4 Å². The van der Waals surface area contributed by atoms with Crippen LogP contribution < -0.4 is 27.4 Å². The molecule has 0 amide bonds. The van der Waals surface area contributed by atoms with E-state index in [2.05, 4.69) is 29.8 Å². The number of hydrogen-bond acceptors (Lipinski definition) is 16. The van der Waals surface area contributed by atoms with E-state index in [0.717, 1.165) is 12.0 Å².